The van der Waals surface area contributed by atoms with Crippen molar-refractivity contribution in [3.05, 3.63) is 66.0 Å². The van der Waals surface area contributed by atoms with Gasteiger partial charge >= 0.3 is 0 Å². The number of anilines is 1. The van der Waals surface area contributed by atoms with Crippen molar-refractivity contribution in [3.63, 3.8) is 0 Å². The van der Waals surface area contributed by atoms with Crippen molar-refractivity contribution in [1.82, 2.24) is 24.4 Å². The zero-order chi connectivity index (χ0) is 19.8. The first-order chi connectivity index (χ1) is 13.5. The van der Waals surface area contributed by atoms with Crippen LogP contribution in [0.3, 0.4) is 0 Å². The Kier molecular flexibility index (Phi) is 4.19. The van der Waals surface area contributed by atoms with E-state index in [4.69, 9.17) is 0 Å². The van der Waals surface area contributed by atoms with Gasteiger partial charge in [0, 0.05) is 12.4 Å². The Balaban J connectivity index is 1.49. The van der Waals surface area contributed by atoms with Crippen molar-refractivity contribution in [2.24, 2.45) is 0 Å². The van der Waals surface area contributed by atoms with Crippen LogP contribution in [0.2, 0.25) is 0 Å². The van der Waals surface area contributed by atoms with Crippen molar-refractivity contribution in [2.75, 3.05) is 5.32 Å². The molecule has 9 nitrogen and oxygen atoms in total. The molecule has 1 aliphatic rings. The Morgan fingerprint density at radius 2 is 1.64 bits per heavy atom. The third-order valence-corrected chi connectivity index (χ3v) is 4.54. The Bertz CT molecular complexity index is 1050. The lowest BCUT2D eigenvalue weighted by molar-refractivity contribution is -0.119. The van der Waals surface area contributed by atoms with Gasteiger partial charge < -0.3 is 5.32 Å². The largest absolute Gasteiger partial charge is 0.322 e. The second-order valence-electron chi connectivity index (χ2n) is 6.31. The van der Waals surface area contributed by atoms with Gasteiger partial charge in [-0.15, -0.1) is 0 Å². The quantitative estimate of drug-likeness (QED) is 0.693. The van der Waals surface area contributed by atoms with Crippen molar-refractivity contribution in [1.29, 1.82) is 0 Å². The lowest BCUT2D eigenvalue weighted by Crippen LogP contribution is -2.45. The van der Waals surface area contributed by atoms with Gasteiger partial charge in [-0.05, 0) is 26.0 Å². The van der Waals surface area contributed by atoms with E-state index >= 15 is 0 Å². The van der Waals surface area contributed by atoms with E-state index in [2.05, 4.69) is 20.3 Å². The molecule has 0 spiro atoms. The number of imidazole rings is 1. The molecular formula is C19H16N6O3. The summed E-state index contributed by atoms with van der Waals surface area (Å²) in [6, 6.07) is 5.52. The van der Waals surface area contributed by atoms with Crippen molar-refractivity contribution < 1.29 is 14.4 Å². The molecule has 0 aliphatic carbocycles. The number of aryl methyl sites for hydroxylation is 1. The van der Waals surface area contributed by atoms with Crippen LogP contribution in [0, 0.1) is 6.92 Å². The van der Waals surface area contributed by atoms with E-state index < -0.39 is 23.8 Å². The van der Waals surface area contributed by atoms with Crippen LogP contribution in [0.1, 0.15) is 33.5 Å². The molecule has 0 saturated carbocycles. The molecule has 9 heteroatoms. The smallest absolute Gasteiger partial charge is 0.262 e. The number of nitrogens with zero attached hydrogens (tertiary/aromatic N) is 5. The summed E-state index contributed by atoms with van der Waals surface area (Å²) in [6.45, 7) is 3.32. The molecule has 1 aliphatic heterocycles. The molecular weight excluding hydrogens is 360 g/mol. The van der Waals surface area contributed by atoms with Gasteiger partial charge in [-0.25, -0.2) is 15.0 Å². The van der Waals surface area contributed by atoms with Crippen LogP contribution in [-0.2, 0) is 4.79 Å². The van der Waals surface area contributed by atoms with E-state index in [9.17, 15) is 14.4 Å². The minimum Gasteiger partial charge on any atom is -0.322 e. The van der Waals surface area contributed by atoms with Crippen LogP contribution < -0.4 is 5.32 Å². The molecule has 3 heterocycles. The number of fused-ring (bicyclic) bond motifs is 1. The molecule has 0 saturated heterocycles. The molecule has 4 rings (SSSR count). The summed E-state index contributed by atoms with van der Waals surface area (Å²) in [5.74, 6) is -0.321. The Hall–Kier alpha value is -3.88. The molecule has 0 fully saturated rings. The number of nitrogens with one attached hydrogen (secondary N) is 1. The average Bonchev–Trinajstić information content (AvgIpc) is 3.24. The fourth-order valence-electron chi connectivity index (χ4n) is 3.02. The second-order valence-corrected chi connectivity index (χ2v) is 6.31. The Morgan fingerprint density at radius 3 is 2.18 bits per heavy atom. The number of aromatic nitrogens is 4. The highest BCUT2D eigenvalue weighted by molar-refractivity contribution is 6.23. The SMILES string of the molecule is Cc1nccn1-c1ncc(NC(=O)C(C)N2C(=O)c3ccccc3C2=O)cn1. The standard InChI is InChI=1S/C19H16N6O3/c1-11(25-17(27)14-5-3-4-6-15(14)18(25)28)16(26)23-13-9-21-19(22-10-13)24-8-7-20-12(24)2/h3-11H,1-2H3,(H,23,26). The van der Waals surface area contributed by atoms with Gasteiger partial charge in [-0.2, -0.15) is 0 Å². The van der Waals surface area contributed by atoms with Crippen LogP contribution >= 0.6 is 0 Å². The van der Waals surface area contributed by atoms with E-state index in [-0.39, 0.29) is 0 Å². The summed E-state index contributed by atoms with van der Waals surface area (Å²) in [4.78, 5) is 51.1. The highest BCUT2D eigenvalue weighted by atomic mass is 16.2. The zero-order valence-corrected chi connectivity index (χ0v) is 15.2. The average molecular weight is 376 g/mol. The number of rotatable bonds is 4. The number of imide groups is 1. The van der Waals surface area contributed by atoms with Crippen LogP contribution in [-0.4, -0.2) is 48.2 Å². The molecule has 140 valence electrons. The van der Waals surface area contributed by atoms with E-state index in [1.807, 2.05) is 6.92 Å². The van der Waals surface area contributed by atoms with Gasteiger partial charge in [-0.1, -0.05) is 12.1 Å². The number of hydrogen-bond acceptors (Lipinski definition) is 6. The fraction of sp³-hybridized carbons (Fsp3) is 0.158. The number of carbonyl (C=O) groups is 3. The Morgan fingerprint density at radius 1 is 1.04 bits per heavy atom. The second kappa shape index (κ2) is 6.69. The number of carbonyl (C=O) groups excluding carboxylic acids is 3. The van der Waals surface area contributed by atoms with Crippen molar-refractivity contribution >= 4 is 23.4 Å². The molecule has 1 unspecified atom stereocenters. The van der Waals surface area contributed by atoms with E-state index in [0.29, 0.717) is 22.8 Å². The van der Waals surface area contributed by atoms with Gasteiger partial charge in [0.25, 0.3) is 11.8 Å². The highest BCUT2D eigenvalue weighted by Crippen LogP contribution is 2.24. The summed E-state index contributed by atoms with van der Waals surface area (Å²) < 4.78 is 1.70. The Labute approximate surface area is 160 Å². The van der Waals surface area contributed by atoms with E-state index in [0.717, 1.165) is 10.7 Å². The van der Waals surface area contributed by atoms with Gasteiger partial charge in [0.1, 0.15) is 11.9 Å². The van der Waals surface area contributed by atoms with Crippen LogP contribution in [0.5, 0.6) is 0 Å². The third kappa shape index (κ3) is 2.82. The minimum atomic E-state index is -0.983. The number of amides is 3. The first-order valence-corrected chi connectivity index (χ1v) is 8.57. The lowest BCUT2D eigenvalue weighted by atomic mass is 10.1. The fourth-order valence-corrected chi connectivity index (χ4v) is 3.02. The number of hydrogen-bond donors (Lipinski definition) is 1. The minimum absolute atomic E-state index is 0.301. The van der Waals surface area contributed by atoms with Crippen molar-refractivity contribution in [3.8, 4) is 5.95 Å². The first kappa shape index (κ1) is 17.5. The van der Waals surface area contributed by atoms with Crippen LogP contribution in [0.25, 0.3) is 5.95 Å². The summed E-state index contributed by atoms with van der Waals surface area (Å²) >= 11 is 0. The van der Waals surface area contributed by atoms with Crippen LogP contribution in [0.4, 0.5) is 5.69 Å². The maximum Gasteiger partial charge on any atom is 0.262 e. The predicted octanol–water partition coefficient (Wildman–Crippen LogP) is 1.59. The highest BCUT2D eigenvalue weighted by Gasteiger charge is 2.40. The van der Waals surface area contributed by atoms with Gasteiger partial charge in [0.05, 0.1) is 29.2 Å². The number of benzene rings is 1. The molecule has 2 aromatic heterocycles. The summed E-state index contributed by atoms with van der Waals surface area (Å²) in [5.41, 5.74) is 0.959. The van der Waals surface area contributed by atoms with Crippen molar-refractivity contribution in [2.45, 2.75) is 19.9 Å². The first-order valence-electron chi connectivity index (χ1n) is 8.57. The van der Waals surface area contributed by atoms with E-state index in [1.165, 1.54) is 19.3 Å². The molecule has 1 aromatic carbocycles. The summed E-state index contributed by atoms with van der Waals surface area (Å²) in [5, 5.41) is 2.64. The van der Waals surface area contributed by atoms with Crippen LogP contribution in [0.15, 0.2) is 49.1 Å². The molecule has 3 amide bonds. The third-order valence-electron chi connectivity index (χ3n) is 4.54. The normalized spacial score (nSPS) is 14.1. The van der Waals surface area contributed by atoms with Gasteiger partial charge in [0.15, 0.2) is 0 Å². The molecule has 1 N–H and O–H groups in total. The maximum absolute atomic E-state index is 12.6. The molecule has 1 atom stereocenters. The summed E-state index contributed by atoms with van der Waals surface area (Å²) in [6.07, 6.45) is 6.27. The predicted molar refractivity (Wildman–Crippen MR) is 98.9 cm³/mol. The molecule has 3 aromatic rings. The molecule has 28 heavy (non-hydrogen) atoms. The van der Waals surface area contributed by atoms with Gasteiger partial charge in [0.2, 0.25) is 11.9 Å². The lowest BCUT2D eigenvalue weighted by Gasteiger charge is -2.21. The molecule has 0 radical (unpaired) electrons. The van der Waals surface area contributed by atoms with E-state index in [1.54, 1.807) is 41.2 Å². The maximum atomic E-state index is 12.6. The van der Waals surface area contributed by atoms with Gasteiger partial charge in [-0.3, -0.25) is 23.9 Å². The monoisotopic (exact) mass is 376 g/mol. The molecule has 0 bridgehead atoms. The zero-order valence-electron chi connectivity index (χ0n) is 15.2. The summed E-state index contributed by atoms with van der Waals surface area (Å²) in [7, 11) is 0. The topological polar surface area (TPSA) is 110 Å².